The van der Waals surface area contributed by atoms with E-state index in [0.717, 1.165) is 48.7 Å². The summed E-state index contributed by atoms with van der Waals surface area (Å²) < 4.78 is 53.2. The van der Waals surface area contributed by atoms with Crippen LogP contribution in [0.5, 0.6) is 0 Å². The molecule has 26 heavy (non-hydrogen) atoms. The van der Waals surface area contributed by atoms with Crippen molar-refractivity contribution in [1.29, 1.82) is 0 Å². The average molecular weight is 406 g/mol. The Hall–Kier alpha value is -0.400. The maximum atomic E-state index is 13.1. The molecule has 0 N–H and O–H groups in total. The Morgan fingerprint density at radius 1 is 0.923 bits per heavy atom. The molecule has 0 amide bonds. The van der Waals surface area contributed by atoms with Gasteiger partial charge < -0.3 is 0 Å². The summed E-state index contributed by atoms with van der Waals surface area (Å²) in [6, 6.07) is -0.351. The number of nitrogens with zero attached hydrogens (tertiary/aromatic N) is 1. The lowest BCUT2D eigenvalue weighted by Gasteiger charge is -2.30. The average Bonchev–Trinajstić information content (AvgIpc) is 3.27. The molecule has 7 heteroatoms. The van der Waals surface area contributed by atoms with E-state index in [9.17, 15) is 16.8 Å². The van der Waals surface area contributed by atoms with Crippen molar-refractivity contribution in [3.05, 3.63) is 11.6 Å². The molecule has 152 valence electrons. The van der Waals surface area contributed by atoms with E-state index >= 15 is 0 Å². The van der Waals surface area contributed by atoms with E-state index in [0.29, 0.717) is 32.1 Å². The van der Waals surface area contributed by atoms with Crippen molar-refractivity contribution in [2.75, 3.05) is 5.75 Å². The van der Waals surface area contributed by atoms with Gasteiger partial charge in [0, 0.05) is 6.04 Å². The smallest absolute Gasteiger partial charge is 0.211 e. The fourth-order valence-corrected chi connectivity index (χ4v) is 9.26. The summed E-state index contributed by atoms with van der Waals surface area (Å²) in [7, 11) is -7.54. The van der Waals surface area contributed by atoms with Crippen LogP contribution in [0.2, 0.25) is 0 Å². The van der Waals surface area contributed by atoms with Gasteiger partial charge in [0.15, 0.2) is 0 Å². The number of unbranched alkanes of at least 4 members (excludes halogenated alkanes) is 2. The van der Waals surface area contributed by atoms with Gasteiger partial charge in [0.1, 0.15) is 0 Å². The van der Waals surface area contributed by atoms with Crippen molar-refractivity contribution in [3.8, 4) is 0 Å². The standard InChI is InChI=1S/C19H35NO4S2/c1-3-17(2)11-5-4-10-16-25(21,22)20(18-12-6-7-13-18)26(23,24)19-14-8-9-15-19/h3,18-19H,4-16H2,1-2H3/b17-3+. The van der Waals surface area contributed by atoms with Crippen molar-refractivity contribution in [1.82, 2.24) is 3.71 Å². The summed E-state index contributed by atoms with van der Waals surface area (Å²) >= 11 is 0. The largest absolute Gasteiger partial charge is 0.230 e. The monoisotopic (exact) mass is 405 g/mol. The van der Waals surface area contributed by atoms with E-state index in [2.05, 4.69) is 13.0 Å². The first kappa shape index (κ1) is 21.9. The van der Waals surface area contributed by atoms with Gasteiger partial charge in [-0.2, -0.15) is 0 Å². The van der Waals surface area contributed by atoms with Crippen molar-refractivity contribution < 1.29 is 16.8 Å². The molecule has 0 radical (unpaired) electrons. The van der Waals surface area contributed by atoms with Gasteiger partial charge in [0.2, 0.25) is 20.0 Å². The van der Waals surface area contributed by atoms with Gasteiger partial charge in [-0.25, -0.2) is 16.8 Å². The highest BCUT2D eigenvalue weighted by Crippen LogP contribution is 2.34. The Kier molecular flexibility index (Phi) is 8.16. The third-order valence-corrected chi connectivity index (χ3v) is 10.9. The van der Waals surface area contributed by atoms with Crippen LogP contribution in [0.25, 0.3) is 0 Å². The molecule has 0 aliphatic heterocycles. The Morgan fingerprint density at radius 2 is 1.50 bits per heavy atom. The zero-order valence-corrected chi connectivity index (χ0v) is 18.0. The fourth-order valence-electron chi connectivity index (χ4n) is 4.14. The minimum Gasteiger partial charge on any atom is -0.211 e. The summed E-state index contributed by atoms with van der Waals surface area (Å²) in [6.07, 6.45) is 11.5. The van der Waals surface area contributed by atoms with Gasteiger partial charge >= 0.3 is 0 Å². The number of allylic oxidation sites excluding steroid dienone is 2. The Labute approximate surface area is 160 Å². The minimum absolute atomic E-state index is 0.0513. The van der Waals surface area contributed by atoms with Crippen molar-refractivity contribution in [2.24, 2.45) is 0 Å². The van der Waals surface area contributed by atoms with Gasteiger partial charge in [-0.3, -0.25) is 0 Å². The first-order valence-electron chi connectivity index (χ1n) is 10.2. The summed E-state index contributed by atoms with van der Waals surface area (Å²) in [6.45, 7) is 4.08. The molecule has 0 unspecified atom stereocenters. The van der Waals surface area contributed by atoms with E-state index in [1.54, 1.807) is 0 Å². The first-order valence-corrected chi connectivity index (χ1v) is 13.3. The summed E-state index contributed by atoms with van der Waals surface area (Å²) in [5, 5.41) is -0.504. The third-order valence-electron chi connectivity index (χ3n) is 5.84. The molecule has 0 saturated heterocycles. The highest BCUT2D eigenvalue weighted by molar-refractivity contribution is 8.04. The maximum absolute atomic E-state index is 13.1. The highest BCUT2D eigenvalue weighted by atomic mass is 32.3. The van der Waals surface area contributed by atoms with Crippen LogP contribution >= 0.6 is 0 Å². The van der Waals surface area contributed by atoms with E-state index < -0.39 is 25.3 Å². The maximum Gasteiger partial charge on any atom is 0.230 e. The molecular formula is C19H35NO4S2. The van der Waals surface area contributed by atoms with Crippen LogP contribution in [-0.4, -0.2) is 37.6 Å². The van der Waals surface area contributed by atoms with Gasteiger partial charge in [-0.1, -0.05) is 47.5 Å². The molecule has 2 rings (SSSR count). The van der Waals surface area contributed by atoms with Gasteiger partial charge in [0.25, 0.3) is 0 Å². The summed E-state index contributed by atoms with van der Waals surface area (Å²) in [5.74, 6) is -0.0513. The normalized spacial score (nSPS) is 21.1. The second-order valence-electron chi connectivity index (χ2n) is 7.88. The fraction of sp³-hybridized carbons (Fsp3) is 0.895. The summed E-state index contributed by atoms with van der Waals surface area (Å²) in [5.41, 5.74) is 1.31. The molecule has 5 nitrogen and oxygen atoms in total. The van der Waals surface area contributed by atoms with Gasteiger partial charge in [-0.05, 0) is 58.8 Å². The number of sulfonamides is 2. The Morgan fingerprint density at radius 3 is 2.08 bits per heavy atom. The quantitative estimate of drug-likeness (QED) is 0.400. The molecule has 2 fully saturated rings. The second-order valence-corrected chi connectivity index (χ2v) is 12.2. The highest BCUT2D eigenvalue weighted by Gasteiger charge is 2.45. The van der Waals surface area contributed by atoms with E-state index in [1.807, 2.05) is 6.92 Å². The van der Waals surface area contributed by atoms with Crippen LogP contribution in [0.4, 0.5) is 0 Å². The second kappa shape index (κ2) is 9.69. The van der Waals surface area contributed by atoms with Crippen LogP contribution < -0.4 is 0 Å². The first-order chi connectivity index (χ1) is 12.3. The lowest BCUT2D eigenvalue weighted by atomic mass is 10.1. The van der Waals surface area contributed by atoms with Crippen LogP contribution in [0.1, 0.15) is 90.9 Å². The van der Waals surface area contributed by atoms with Crippen molar-refractivity contribution in [2.45, 2.75) is 102 Å². The van der Waals surface area contributed by atoms with E-state index in [1.165, 1.54) is 5.57 Å². The predicted octanol–water partition coefficient (Wildman–Crippen LogP) is 4.36. The van der Waals surface area contributed by atoms with Crippen molar-refractivity contribution in [3.63, 3.8) is 0 Å². The Bertz CT molecular complexity index is 670. The minimum atomic E-state index is -3.78. The molecule has 0 spiro atoms. The molecule has 0 atom stereocenters. The van der Waals surface area contributed by atoms with Gasteiger partial charge in [0.05, 0.1) is 11.0 Å². The number of hydrogen-bond acceptors (Lipinski definition) is 4. The van der Waals surface area contributed by atoms with E-state index in [4.69, 9.17) is 0 Å². The van der Waals surface area contributed by atoms with Crippen molar-refractivity contribution >= 4 is 20.0 Å². The summed E-state index contributed by atoms with van der Waals surface area (Å²) in [4.78, 5) is 0. The van der Waals surface area contributed by atoms with E-state index in [-0.39, 0.29) is 11.8 Å². The molecule has 2 aliphatic rings. The molecule has 0 heterocycles. The number of hydrogen-bond donors (Lipinski definition) is 0. The zero-order valence-electron chi connectivity index (χ0n) is 16.3. The molecule has 0 aromatic rings. The molecule has 0 aromatic carbocycles. The van der Waals surface area contributed by atoms with Crippen LogP contribution in [0.15, 0.2) is 11.6 Å². The van der Waals surface area contributed by atoms with Crippen LogP contribution in [0, 0.1) is 0 Å². The lowest BCUT2D eigenvalue weighted by molar-refractivity contribution is 0.417. The molecule has 0 aromatic heterocycles. The molecular weight excluding hydrogens is 370 g/mol. The van der Waals surface area contributed by atoms with Gasteiger partial charge in [-0.15, -0.1) is 0 Å². The molecule has 2 aliphatic carbocycles. The van der Waals surface area contributed by atoms with Crippen LogP contribution in [0.3, 0.4) is 0 Å². The topological polar surface area (TPSA) is 71.5 Å². The Balaban J connectivity index is 2.06. The third kappa shape index (κ3) is 5.55. The predicted molar refractivity (Wildman–Crippen MR) is 107 cm³/mol. The lowest BCUT2D eigenvalue weighted by Crippen LogP contribution is -2.48. The SMILES string of the molecule is C/C=C(\C)CCCCCS(=O)(=O)N(C1CCCC1)S(=O)(=O)C1CCCC1. The zero-order chi connectivity index (χ0) is 19.2. The van der Waals surface area contributed by atoms with Crippen LogP contribution in [-0.2, 0) is 20.0 Å². The number of rotatable bonds is 10. The molecule has 0 bridgehead atoms. The molecule has 2 saturated carbocycles.